The van der Waals surface area contributed by atoms with Crippen molar-refractivity contribution in [1.29, 1.82) is 0 Å². The van der Waals surface area contributed by atoms with Gasteiger partial charge in [-0.2, -0.15) is 5.10 Å². The summed E-state index contributed by atoms with van der Waals surface area (Å²) < 4.78 is 11.5. The third-order valence-corrected chi connectivity index (χ3v) is 4.99. The Morgan fingerprint density at radius 1 is 1.19 bits per heavy atom. The maximum Gasteiger partial charge on any atom is 0.251 e. The molecular formula is C19H18N4O3S. The van der Waals surface area contributed by atoms with E-state index in [0.717, 1.165) is 22.2 Å². The summed E-state index contributed by atoms with van der Waals surface area (Å²) in [5.41, 5.74) is 1.72. The molecule has 0 fully saturated rings. The van der Waals surface area contributed by atoms with Gasteiger partial charge in [0.05, 0.1) is 6.54 Å². The summed E-state index contributed by atoms with van der Waals surface area (Å²) in [6.45, 7) is 0.797. The zero-order chi connectivity index (χ0) is 18.5. The normalized spacial score (nSPS) is 15.3. The zero-order valence-electron chi connectivity index (χ0n) is 14.4. The second-order valence-electron chi connectivity index (χ2n) is 5.98. The molecular weight excluding hydrogens is 364 g/mol. The predicted octanol–water partition coefficient (Wildman–Crippen LogP) is 2.67. The van der Waals surface area contributed by atoms with Crippen molar-refractivity contribution in [2.75, 3.05) is 13.2 Å². The Balaban J connectivity index is 1.27. The van der Waals surface area contributed by atoms with Gasteiger partial charge in [0.15, 0.2) is 16.7 Å². The average Bonchev–Trinajstić information content (AvgIpc) is 3.24. The molecule has 2 N–H and O–H groups in total. The lowest BCUT2D eigenvalue weighted by atomic mass is 10.1. The molecule has 0 spiro atoms. The number of para-hydroxylation sites is 2. The first-order chi connectivity index (χ1) is 13.3. The van der Waals surface area contributed by atoms with Crippen molar-refractivity contribution >= 4 is 17.7 Å². The van der Waals surface area contributed by atoms with Gasteiger partial charge in [0, 0.05) is 11.3 Å². The number of benzene rings is 2. The number of thioether (sulfide) groups is 1. The van der Waals surface area contributed by atoms with Crippen LogP contribution in [0, 0.1) is 0 Å². The van der Waals surface area contributed by atoms with Crippen molar-refractivity contribution in [3.63, 3.8) is 0 Å². The number of rotatable bonds is 6. The van der Waals surface area contributed by atoms with Gasteiger partial charge in [0.1, 0.15) is 19.0 Å². The molecule has 1 atom stereocenters. The molecule has 4 rings (SSSR count). The Morgan fingerprint density at radius 3 is 2.78 bits per heavy atom. The number of aromatic nitrogens is 3. The summed E-state index contributed by atoms with van der Waals surface area (Å²) in [5, 5.41) is 10.3. The van der Waals surface area contributed by atoms with Crippen molar-refractivity contribution in [1.82, 2.24) is 20.5 Å². The molecule has 3 aromatic rings. The summed E-state index contributed by atoms with van der Waals surface area (Å²) in [6.07, 6.45) is 1.27. The van der Waals surface area contributed by atoms with Crippen LogP contribution in [0.4, 0.5) is 0 Å². The number of ether oxygens (including phenoxy) is 2. The molecule has 8 heteroatoms. The molecule has 0 aliphatic carbocycles. The fraction of sp³-hybridized carbons (Fsp3) is 0.211. The van der Waals surface area contributed by atoms with Crippen LogP contribution >= 0.6 is 11.8 Å². The van der Waals surface area contributed by atoms with Crippen LogP contribution in [0.2, 0.25) is 0 Å². The first-order valence-corrected chi connectivity index (χ1v) is 9.50. The van der Waals surface area contributed by atoms with E-state index in [4.69, 9.17) is 9.47 Å². The maximum absolute atomic E-state index is 12.4. The smallest absolute Gasteiger partial charge is 0.251 e. The third kappa shape index (κ3) is 4.40. The van der Waals surface area contributed by atoms with Crippen LogP contribution in [-0.2, 0) is 5.75 Å². The molecule has 0 unspecified atom stereocenters. The number of fused-ring (bicyclic) bond motifs is 1. The Hall–Kier alpha value is -3.00. The predicted molar refractivity (Wildman–Crippen MR) is 101 cm³/mol. The monoisotopic (exact) mass is 382 g/mol. The van der Waals surface area contributed by atoms with E-state index in [0.29, 0.717) is 24.5 Å². The van der Waals surface area contributed by atoms with Gasteiger partial charge in [0.2, 0.25) is 0 Å². The van der Waals surface area contributed by atoms with Crippen molar-refractivity contribution in [2.24, 2.45) is 0 Å². The Labute approximate surface area is 160 Å². The molecule has 1 aliphatic rings. The highest BCUT2D eigenvalue weighted by Crippen LogP contribution is 2.30. The lowest BCUT2D eigenvalue weighted by Gasteiger charge is -2.26. The van der Waals surface area contributed by atoms with Crippen LogP contribution < -0.4 is 14.8 Å². The van der Waals surface area contributed by atoms with E-state index in [2.05, 4.69) is 20.5 Å². The van der Waals surface area contributed by atoms with Crippen molar-refractivity contribution in [2.45, 2.75) is 17.0 Å². The molecule has 1 aliphatic heterocycles. The number of hydrogen-bond donors (Lipinski definition) is 2. The van der Waals surface area contributed by atoms with Gasteiger partial charge in [-0.3, -0.25) is 9.89 Å². The van der Waals surface area contributed by atoms with E-state index in [1.54, 1.807) is 11.8 Å². The molecule has 0 saturated heterocycles. The number of carbonyl (C=O) groups excluding carboxylic acids is 1. The van der Waals surface area contributed by atoms with Crippen LogP contribution in [-0.4, -0.2) is 40.3 Å². The SMILES string of the molecule is O=C(NC[C@H]1COc2ccccc2O1)c1ccc(CSc2ncn[nH]2)cc1. The van der Waals surface area contributed by atoms with Crippen molar-refractivity contribution in [3.05, 3.63) is 66.0 Å². The Morgan fingerprint density at radius 2 is 2.00 bits per heavy atom. The third-order valence-electron chi connectivity index (χ3n) is 4.04. The number of H-pyrrole nitrogens is 1. The average molecular weight is 382 g/mol. The van der Waals surface area contributed by atoms with E-state index in [9.17, 15) is 4.79 Å². The molecule has 0 saturated carbocycles. The van der Waals surface area contributed by atoms with E-state index in [-0.39, 0.29) is 12.0 Å². The molecule has 1 aromatic heterocycles. The molecule has 1 amide bonds. The topological polar surface area (TPSA) is 89.1 Å². The minimum atomic E-state index is -0.207. The van der Waals surface area contributed by atoms with Gasteiger partial charge in [-0.15, -0.1) is 0 Å². The number of nitrogens with zero attached hydrogens (tertiary/aromatic N) is 2. The van der Waals surface area contributed by atoms with Gasteiger partial charge < -0.3 is 14.8 Å². The summed E-state index contributed by atoms with van der Waals surface area (Å²) in [6, 6.07) is 15.0. The first kappa shape index (κ1) is 17.4. The van der Waals surface area contributed by atoms with Crippen LogP contribution in [0.25, 0.3) is 0 Å². The second-order valence-corrected chi connectivity index (χ2v) is 6.95. The fourth-order valence-electron chi connectivity index (χ4n) is 2.64. The number of carbonyl (C=O) groups is 1. The highest BCUT2D eigenvalue weighted by Gasteiger charge is 2.21. The zero-order valence-corrected chi connectivity index (χ0v) is 15.2. The summed E-state index contributed by atoms with van der Waals surface area (Å²) in [4.78, 5) is 16.4. The molecule has 27 heavy (non-hydrogen) atoms. The Kier molecular flexibility index (Phi) is 5.24. The van der Waals surface area contributed by atoms with Crippen molar-refractivity contribution < 1.29 is 14.3 Å². The number of aromatic amines is 1. The van der Waals surface area contributed by atoms with E-state index < -0.39 is 0 Å². The van der Waals surface area contributed by atoms with Gasteiger partial charge in [-0.1, -0.05) is 36.0 Å². The Bertz CT molecular complexity index is 900. The van der Waals surface area contributed by atoms with Crippen LogP contribution in [0.3, 0.4) is 0 Å². The van der Waals surface area contributed by atoms with Gasteiger partial charge in [-0.05, 0) is 29.8 Å². The minimum absolute atomic E-state index is 0.133. The van der Waals surface area contributed by atoms with E-state index >= 15 is 0 Å². The highest BCUT2D eigenvalue weighted by atomic mass is 32.2. The lowest BCUT2D eigenvalue weighted by molar-refractivity contribution is 0.0789. The molecule has 0 bridgehead atoms. The molecule has 2 aromatic carbocycles. The van der Waals surface area contributed by atoms with Gasteiger partial charge >= 0.3 is 0 Å². The number of hydrogen-bond acceptors (Lipinski definition) is 6. The summed E-state index contributed by atoms with van der Waals surface area (Å²) in [7, 11) is 0. The molecule has 138 valence electrons. The number of amides is 1. The highest BCUT2D eigenvalue weighted by molar-refractivity contribution is 7.98. The van der Waals surface area contributed by atoms with Crippen LogP contribution in [0.5, 0.6) is 11.5 Å². The van der Waals surface area contributed by atoms with Crippen LogP contribution in [0.15, 0.2) is 60.0 Å². The summed E-state index contributed by atoms with van der Waals surface area (Å²) in [5.74, 6) is 2.06. The lowest BCUT2D eigenvalue weighted by Crippen LogP contribution is -2.40. The minimum Gasteiger partial charge on any atom is -0.486 e. The van der Waals surface area contributed by atoms with E-state index in [1.807, 2.05) is 48.5 Å². The second kappa shape index (κ2) is 8.13. The quantitative estimate of drug-likeness (QED) is 0.637. The van der Waals surface area contributed by atoms with Gasteiger partial charge in [0.25, 0.3) is 5.91 Å². The largest absolute Gasteiger partial charge is 0.486 e. The fourth-order valence-corrected chi connectivity index (χ4v) is 3.37. The molecule has 0 radical (unpaired) electrons. The molecule has 7 nitrogen and oxygen atoms in total. The standard InChI is InChI=1S/C19H18N4O3S/c24-18(20-9-15-10-25-16-3-1-2-4-17(16)26-15)14-7-5-13(6-8-14)11-27-19-21-12-22-23-19/h1-8,12,15H,9-11H2,(H,20,24)(H,21,22,23)/t15-/m0/s1. The number of nitrogens with one attached hydrogen (secondary N) is 2. The first-order valence-electron chi connectivity index (χ1n) is 8.52. The van der Waals surface area contributed by atoms with Crippen molar-refractivity contribution in [3.8, 4) is 11.5 Å². The molecule has 2 heterocycles. The van der Waals surface area contributed by atoms with E-state index in [1.165, 1.54) is 6.33 Å². The van der Waals surface area contributed by atoms with Crippen LogP contribution in [0.1, 0.15) is 15.9 Å². The maximum atomic E-state index is 12.4. The van der Waals surface area contributed by atoms with Gasteiger partial charge in [-0.25, -0.2) is 4.98 Å². The summed E-state index contributed by atoms with van der Waals surface area (Å²) >= 11 is 1.56.